The fourth-order valence-electron chi connectivity index (χ4n) is 4.24. The zero-order valence-corrected chi connectivity index (χ0v) is 19.2. The van der Waals surface area contributed by atoms with Gasteiger partial charge in [0.1, 0.15) is 10.7 Å². The second-order valence-electron chi connectivity index (χ2n) is 8.38. The Bertz CT molecular complexity index is 1350. The van der Waals surface area contributed by atoms with Gasteiger partial charge in [-0.25, -0.2) is 4.98 Å². The minimum absolute atomic E-state index is 0.0482. The highest BCUT2D eigenvalue weighted by atomic mass is 32.2. The summed E-state index contributed by atoms with van der Waals surface area (Å²) in [6.45, 7) is 4.89. The Morgan fingerprint density at radius 3 is 2.58 bits per heavy atom. The summed E-state index contributed by atoms with van der Waals surface area (Å²) < 4.78 is 34.4. The highest BCUT2D eigenvalue weighted by Crippen LogP contribution is 2.30. The number of carbonyl (C=O) groups excluding carboxylic acids is 1. The van der Waals surface area contributed by atoms with E-state index >= 15 is 0 Å². The number of nitrogens with zero attached hydrogens (tertiary/aromatic N) is 3. The van der Waals surface area contributed by atoms with Crippen LogP contribution >= 0.6 is 0 Å². The lowest BCUT2D eigenvalue weighted by atomic mass is 9.95. The van der Waals surface area contributed by atoms with Gasteiger partial charge in [0.2, 0.25) is 11.8 Å². The summed E-state index contributed by atoms with van der Waals surface area (Å²) in [6, 6.07) is 14.3. The summed E-state index contributed by atoms with van der Waals surface area (Å²) in [4.78, 5) is 19.5. The van der Waals surface area contributed by atoms with E-state index in [0.717, 1.165) is 17.0 Å². The lowest BCUT2D eigenvalue weighted by Gasteiger charge is -2.32. The predicted molar refractivity (Wildman–Crippen MR) is 125 cm³/mol. The topological polar surface area (TPSA) is 105 Å². The molecule has 0 bridgehead atoms. The van der Waals surface area contributed by atoms with Crippen molar-refractivity contribution in [3.8, 4) is 11.5 Å². The van der Waals surface area contributed by atoms with E-state index in [9.17, 15) is 13.2 Å². The van der Waals surface area contributed by atoms with Crippen LogP contribution < -0.4 is 5.32 Å². The Morgan fingerprint density at radius 2 is 1.85 bits per heavy atom. The minimum Gasteiger partial charge on any atom is -0.441 e. The van der Waals surface area contributed by atoms with Gasteiger partial charge in [-0.3, -0.25) is 4.79 Å². The van der Waals surface area contributed by atoms with Gasteiger partial charge in [0.05, 0.1) is 5.69 Å². The molecule has 2 aliphatic heterocycles. The summed E-state index contributed by atoms with van der Waals surface area (Å²) in [6.07, 6.45) is 1.23. The number of sulfonamides is 1. The van der Waals surface area contributed by atoms with Gasteiger partial charge < -0.3 is 14.6 Å². The largest absolute Gasteiger partial charge is 0.441 e. The quantitative estimate of drug-likeness (QED) is 0.633. The fourth-order valence-corrected chi connectivity index (χ4v) is 5.47. The van der Waals surface area contributed by atoms with Gasteiger partial charge in [-0.2, -0.15) is 8.42 Å². The van der Waals surface area contributed by atoms with Crippen molar-refractivity contribution < 1.29 is 17.6 Å². The first-order chi connectivity index (χ1) is 15.8. The molecule has 0 atom stereocenters. The van der Waals surface area contributed by atoms with Crippen LogP contribution in [0.15, 0.2) is 62.2 Å². The lowest BCUT2D eigenvalue weighted by molar-refractivity contribution is -0.120. The summed E-state index contributed by atoms with van der Waals surface area (Å²) in [5.41, 5.74) is 2.97. The Balaban J connectivity index is 1.24. The average Bonchev–Trinajstić information content (AvgIpc) is 3.30. The van der Waals surface area contributed by atoms with E-state index in [4.69, 9.17) is 4.42 Å². The zero-order chi connectivity index (χ0) is 23.2. The number of nitrogens with one attached hydrogen (secondary N) is 1. The number of benzene rings is 2. The first kappa shape index (κ1) is 21.4. The molecular formula is C24H24N4O4S. The van der Waals surface area contributed by atoms with E-state index in [1.54, 1.807) is 18.2 Å². The van der Waals surface area contributed by atoms with Gasteiger partial charge in [-0.15, -0.1) is 4.40 Å². The van der Waals surface area contributed by atoms with Crippen LogP contribution in [0.25, 0.3) is 11.5 Å². The molecule has 0 spiro atoms. The molecule has 170 valence electrons. The molecule has 1 amide bonds. The number of fused-ring (bicyclic) bond motifs is 1. The highest BCUT2D eigenvalue weighted by Gasteiger charge is 2.34. The molecule has 1 N–H and O–H groups in total. The smallest absolute Gasteiger partial charge is 0.285 e. The summed E-state index contributed by atoms with van der Waals surface area (Å²) >= 11 is 0. The van der Waals surface area contributed by atoms with E-state index in [-0.39, 0.29) is 16.7 Å². The molecule has 0 radical (unpaired) electrons. The highest BCUT2D eigenvalue weighted by molar-refractivity contribution is 7.90. The molecule has 9 heteroatoms. The van der Waals surface area contributed by atoms with Crippen LogP contribution in [0.5, 0.6) is 0 Å². The number of anilines is 1. The van der Waals surface area contributed by atoms with E-state index in [1.807, 2.05) is 49.1 Å². The van der Waals surface area contributed by atoms with Gasteiger partial charge in [0, 0.05) is 35.8 Å². The SMILES string of the molecule is Cc1nc(-c2cccc(NC(=O)C3CCN(C4=NS(=O)(=O)c5ccccc54)CC3)c2)oc1C. The van der Waals surface area contributed by atoms with Crippen molar-refractivity contribution in [2.24, 2.45) is 10.3 Å². The summed E-state index contributed by atoms with van der Waals surface area (Å²) in [5, 5.41) is 3.00. The summed E-state index contributed by atoms with van der Waals surface area (Å²) in [7, 11) is -3.65. The molecule has 2 aliphatic rings. The number of hydrogen-bond acceptors (Lipinski definition) is 6. The number of hydrogen-bond donors (Lipinski definition) is 1. The Morgan fingerprint density at radius 1 is 1.09 bits per heavy atom. The second kappa shape index (κ2) is 8.15. The third-order valence-corrected chi connectivity index (χ3v) is 7.51. The molecule has 0 unspecified atom stereocenters. The van der Waals surface area contributed by atoms with Gasteiger partial charge in [-0.1, -0.05) is 18.2 Å². The number of rotatable bonds is 3. The zero-order valence-electron chi connectivity index (χ0n) is 18.4. The van der Waals surface area contributed by atoms with Crippen LogP contribution in [0.3, 0.4) is 0 Å². The number of amides is 1. The fraction of sp³-hybridized carbons (Fsp3) is 0.292. The Kier molecular flexibility index (Phi) is 5.28. The predicted octanol–water partition coefficient (Wildman–Crippen LogP) is 3.76. The number of oxazole rings is 1. The molecule has 33 heavy (non-hydrogen) atoms. The van der Waals surface area contributed by atoms with Crippen LogP contribution in [-0.4, -0.2) is 43.1 Å². The standard InChI is InChI=1S/C24H24N4O4S/c1-15-16(2)32-24(25-15)18-6-5-7-19(14-18)26-23(29)17-10-12-28(13-11-17)22-20-8-3-4-9-21(20)33(30,31)27-22/h3-9,14,17H,10-13H2,1-2H3,(H,26,29). The average molecular weight is 465 g/mol. The number of likely N-dealkylation sites (tertiary alicyclic amines) is 1. The number of amidine groups is 1. The normalized spacial score (nSPS) is 17.5. The van der Waals surface area contributed by atoms with Crippen molar-refractivity contribution in [1.29, 1.82) is 0 Å². The van der Waals surface area contributed by atoms with Crippen LogP contribution in [0.1, 0.15) is 29.9 Å². The van der Waals surface area contributed by atoms with E-state index < -0.39 is 10.0 Å². The van der Waals surface area contributed by atoms with Crippen LogP contribution in [0.2, 0.25) is 0 Å². The van der Waals surface area contributed by atoms with Gasteiger partial charge in [0.25, 0.3) is 10.0 Å². The molecule has 1 fully saturated rings. The maximum absolute atomic E-state index is 12.9. The molecule has 1 aromatic heterocycles. The number of aromatic nitrogens is 1. The molecule has 3 aromatic rings. The van der Waals surface area contributed by atoms with Crippen molar-refractivity contribution >= 4 is 27.5 Å². The molecule has 5 rings (SSSR count). The number of carbonyl (C=O) groups is 1. The molecular weight excluding hydrogens is 440 g/mol. The Hall–Kier alpha value is -3.46. The van der Waals surface area contributed by atoms with Crippen molar-refractivity contribution in [2.75, 3.05) is 18.4 Å². The lowest BCUT2D eigenvalue weighted by Crippen LogP contribution is -2.41. The van der Waals surface area contributed by atoms with Crippen molar-refractivity contribution in [3.63, 3.8) is 0 Å². The first-order valence-electron chi connectivity index (χ1n) is 10.9. The van der Waals surface area contributed by atoms with Crippen molar-refractivity contribution in [1.82, 2.24) is 9.88 Å². The van der Waals surface area contributed by atoms with Crippen LogP contribution in [0, 0.1) is 19.8 Å². The first-order valence-corrected chi connectivity index (χ1v) is 12.3. The molecule has 1 saturated heterocycles. The monoisotopic (exact) mass is 464 g/mol. The van der Waals surface area contributed by atoms with Gasteiger partial charge in [0.15, 0.2) is 5.84 Å². The van der Waals surface area contributed by atoms with Crippen LogP contribution in [0.4, 0.5) is 5.69 Å². The van der Waals surface area contributed by atoms with E-state index in [0.29, 0.717) is 48.9 Å². The minimum atomic E-state index is -3.65. The third kappa shape index (κ3) is 4.04. The molecule has 3 heterocycles. The molecule has 0 aliphatic carbocycles. The number of aryl methyl sites for hydroxylation is 2. The van der Waals surface area contributed by atoms with Crippen molar-refractivity contribution in [3.05, 3.63) is 65.5 Å². The van der Waals surface area contributed by atoms with Crippen molar-refractivity contribution in [2.45, 2.75) is 31.6 Å². The van der Waals surface area contributed by atoms with Gasteiger partial charge in [-0.05, 0) is 57.0 Å². The number of piperidine rings is 1. The second-order valence-corrected chi connectivity index (χ2v) is 9.95. The maximum atomic E-state index is 12.9. The van der Waals surface area contributed by atoms with Crippen LogP contribution in [-0.2, 0) is 14.8 Å². The molecule has 2 aromatic carbocycles. The maximum Gasteiger partial charge on any atom is 0.285 e. The summed E-state index contributed by atoms with van der Waals surface area (Å²) in [5.74, 6) is 1.57. The van der Waals surface area contributed by atoms with E-state index in [2.05, 4.69) is 14.7 Å². The van der Waals surface area contributed by atoms with E-state index in [1.165, 1.54) is 0 Å². The third-order valence-electron chi connectivity index (χ3n) is 6.18. The molecule has 8 nitrogen and oxygen atoms in total. The molecule has 0 saturated carbocycles. The Labute approximate surface area is 192 Å². The van der Waals surface area contributed by atoms with Gasteiger partial charge >= 0.3 is 0 Å².